The second-order valence-corrected chi connectivity index (χ2v) is 8.73. The SMILES string of the molecule is N=C/C(=C\N)c1cccc(C(=O)Nc2ccc(CCN3CCOCC3)cc2N2CCCCC2)n1. The molecule has 0 unspecified atom stereocenters. The topological polar surface area (TPSA) is 108 Å². The van der Waals surface area contributed by atoms with Crippen molar-refractivity contribution in [3.05, 3.63) is 59.5 Å². The number of amides is 1. The number of rotatable bonds is 8. The van der Waals surface area contributed by atoms with Gasteiger partial charge < -0.3 is 26.1 Å². The number of nitrogens with zero attached hydrogens (tertiary/aromatic N) is 3. The van der Waals surface area contributed by atoms with Crippen LogP contribution in [0.2, 0.25) is 0 Å². The van der Waals surface area contributed by atoms with Crippen LogP contribution in [0.5, 0.6) is 0 Å². The number of ether oxygens (including phenoxy) is 1. The van der Waals surface area contributed by atoms with Crippen LogP contribution in [0.15, 0.2) is 42.6 Å². The zero-order chi connectivity index (χ0) is 23.8. The van der Waals surface area contributed by atoms with Gasteiger partial charge in [-0.1, -0.05) is 12.1 Å². The number of allylic oxidation sites excluding steroid dienone is 1. The maximum atomic E-state index is 13.1. The second kappa shape index (κ2) is 11.8. The summed E-state index contributed by atoms with van der Waals surface area (Å²) in [5, 5.41) is 10.6. The van der Waals surface area contributed by atoms with Gasteiger partial charge in [0.1, 0.15) is 5.69 Å². The molecule has 0 bridgehead atoms. The van der Waals surface area contributed by atoms with E-state index in [0.717, 1.165) is 82.8 Å². The third-order valence-electron chi connectivity index (χ3n) is 6.44. The van der Waals surface area contributed by atoms with Crippen LogP contribution in [-0.2, 0) is 11.2 Å². The molecule has 180 valence electrons. The van der Waals surface area contributed by atoms with E-state index in [1.165, 1.54) is 18.2 Å². The minimum Gasteiger partial charge on any atom is -0.404 e. The molecule has 2 aliphatic heterocycles. The molecule has 3 heterocycles. The molecule has 0 aliphatic carbocycles. The van der Waals surface area contributed by atoms with Crippen LogP contribution in [0.25, 0.3) is 5.57 Å². The molecule has 0 spiro atoms. The molecule has 0 radical (unpaired) electrons. The third-order valence-corrected chi connectivity index (χ3v) is 6.44. The lowest BCUT2D eigenvalue weighted by Gasteiger charge is -2.31. The number of benzene rings is 1. The Morgan fingerprint density at radius 2 is 1.85 bits per heavy atom. The van der Waals surface area contributed by atoms with Gasteiger partial charge in [-0.3, -0.25) is 9.69 Å². The van der Waals surface area contributed by atoms with Gasteiger partial charge >= 0.3 is 0 Å². The summed E-state index contributed by atoms with van der Waals surface area (Å²) in [5.74, 6) is -0.275. The summed E-state index contributed by atoms with van der Waals surface area (Å²) in [6.07, 6.45) is 6.99. The van der Waals surface area contributed by atoms with E-state index < -0.39 is 0 Å². The average molecular weight is 463 g/mol. The van der Waals surface area contributed by atoms with Crippen molar-refractivity contribution in [3.63, 3.8) is 0 Å². The van der Waals surface area contributed by atoms with E-state index in [4.69, 9.17) is 15.9 Å². The number of anilines is 2. The molecule has 2 fully saturated rings. The minimum atomic E-state index is -0.275. The summed E-state index contributed by atoms with van der Waals surface area (Å²) < 4.78 is 5.46. The number of piperidine rings is 1. The van der Waals surface area contributed by atoms with E-state index in [9.17, 15) is 4.79 Å². The van der Waals surface area contributed by atoms with Crippen molar-refractivity contribution >= 4 is 29.1 Å². The molecule has 4 rings (SSSR count). The molecule has 2 saturated heterocycles. The van der Waals surface area contributed by atoms with Crippen molar-refractivity contribution in [3.8, 4) is 0 Å². The van der Waals surface area contributed by atoms with Gasteiger partial charge in [-0.2, -0.15) is 0 Å². The van der Waals surface area contributed by atoms with Gasteiger partial charge in [-0.25, -0.2) is 4.98 Å². The number of nitrogens with two attached hydrogens (primary N) is 1. The normalized spacial score (nSPS) is 17.4. The monoisotopic (exact) mass is 462 g/mol. The fourth-order valence-corrected chi connectivity index (χ4v) is 4.46. The number of hydrogen-bond acceptors (Lipinski definition) is 7. The highest BCUT2D eigenvalue weighted by atomic mass is 16.5. The van der Waals surface area contributed by atoms with Crippen molar-refractivity contribution in [2.24, 2.45) is 5.73 Å². The molecule has 8 heteroatoms. The van der Waals surface area contributed by atoms with Crippen LogP contribution in [0, 0.1) is 5.41 Å². The third kappa shape index (κ3) is 6.01. The van der Waals surface area contributed by atoms with Crippen molar-refractivity contribution in [1.82, 2.24) is 9.88 Å². The van der Waals surface area contributed by atoms with Gasteiger partial charge in [0.15, 0.2) is 0 Å². The largest absolute Gasteiger partial charge is 0.404 e. The van der Waals surface area contributed by atoms with Gasteiger partial charge in [0.2, 0.25) is 0 Å². The highest BCUT2D eigenvalue weighted by Gasteiger charge is 2.19. The molecule has 0 atom stereocenters. The Balaban J connectivity index is 1.53. The fraction of sp³-hybridized carbons (Fsp3) is 0.423. The quantitative estimate of drug-likeness (QED) is 0.520. The highest BCUT2D eigenvalue weighted by molar-refractivity contribution is 6.08. The lowest BCUT2D eigenvalue weighted by molar-refractivity contribution is 0.0384. The summed E-state index contributed by atoms with van der Waals surface area (Å²) in [6.45, 7) is 6.58. The summed E-state index contributed by atoms with van der Waals surface area (Å²) in [7, 11) is 0. The van der Waals surface area contributed by atoms with Crippen LogP contribution >= 0.6 is 0 Å². The Hall–Kier alpha value is -3.23. The Morgan fingerprint density at radius 1 is 1.09 bits per heavy atom. The molecule has 4 N–H and O–H groups in total. The van der Waals surface area contributed by atoms with E-state index in [0.29, 0.717) is 17.0 Å². The molecule has 2 aromatic rings. The Labute approximate surface area is 201 Å². The molecule has 1 aromatic carbocycles. The predicted molar refractivity (Wildman–Crippen MR) is 137 cm³/mol. The van der Waals surface area contributed by atoms with Crippen LogP contribution < -0.4 is 16.0 Å². The van der Waals surface area contributed by atoms with Crippen LogP contribution in [0.1, 0.15) is 41.0 Å². The van der Waals surface area contributed by atoms with Crippen molar-refractivity contribution in [2.45, 2.75) is 25.7 Å². The summed E-state index contributed by atoms with van der Waals surface area (Å²) in [6, 6.07) is 11.5. The molecule has 0 saturated carbocycles. The fourth-order valence-electron chi connectivity index (χ4n) is 4.46. The predicted octanol–water partition coefficient (Wildman–Crippen LogP) is 3.15. The molecule has 1 aromatic heterocycles. The zero-order valence-corrected chi connectivity index (χ0v) is 19.6. The molecular weight excluding hydrogens is 428 g/mol. The number of carbonyl (C=O) groups is 1. The van der Waals surface area contributed by atoms with Crippen LogP contribution in [0.3, 0.4) is 0 Å². The zero-order valence-electron chi connectivity index (χ0n) is 19.6. The lowest BCUT2D eigenvalue weighted by atomic mass is 10.1. The van der Waals surface area contributed by atoms with E-state index in [1.54, 1.807) is 18.2 Å². The summed E-state index contributed by atoms with van der Waals surface area (Å²) >= 11 is 0. The minimum absolute atomic E-state index is 0.275. The van der Waals surface area contributed by atoms with Gasteiger partial charge in [-0.15, -0.1) is 0 Å². The molecular formula is C26H34N6O2. The smallest absolute Gasteiger partial charge is 0.274 e. The summed E-state index contributed by atoms with van der Waals surface area (Å²) in [4.78, 5) is 22.3. The first-order valence-electron chi connectivity index (χ1n) is 12.1. The standard InChI is InChI=1S/C26H34N6O2/c27-18-21(19-28)22-5-4-6-24(29-22)26(33)30-23-8-7-20(9-12-31-13-15-34-16-14-31)17-25(23)32-10-2-1-3-11-32/h4-8,17-19,27H,1-3,9-16,28H2,(H,30,33)/b21-19+,27-18?. The second-order valence-electron chi connectivity index (χ2n) is 8.73. The molecule has 8 nitrogen and oxygen atoms in total. The van der Waals surface area contributed by atoms with E-state index in [-0.39, 0.29) is 5.91 Å². The number of nitrogens with one attached hydrogen (secondary N) is 2. The highest BCUT2D eigenvalue weighted by Crippen LogP contribution is 2.30. The van der Waals surface area contributed by atoms with Gasteiger partial charge in [0.05, 0.1) is 30.3 Å². The van der Waals surface area contributed by atoms with E-state index in [1.807, 2.05) is 6.07 Å². The number of carbonyl (C=O) groups excluding carboxylic acids is 1. The maximum Gasteiger partial charge on any atom is 0.274 e. The average Bonchev–Trinajstić information content (AvgIpc) is 2.90. The van der Waals surface area contributed by atoms with Crippen LogP contribution in [0.4, 0.5) is 11.4 Å². The first kappa shape index (κ1) is 23.9. The number of hydrogen-bond donors (Lipinski definition) is 3. The van der Waals surface area contributed by atoms with Gasteiger partial charge in [0.25, 0.3) is 5.91 Å². The van der Waals surface area contributed by atoms with Crippen molar-refractivity contribution in [1.29, 1.82) is 5.41 Å². The van der Waals surface area contributed by atoms with Crippen molar-refractivity contribution in [2.75, 3.05) is 56.2 Å². The first-order chi connectivity index (χ1) is 16.7. The Kier molecular flexibility index (Phi) is 8.27. The number of morpholine rings is 1. The van der Waals surface area contributed by atoms with Crippen molar-refractivity contribution < 1.29 is 9.53 Å². The molecule has 1 amide bonds. The lowest BCUT2D eigenvalue weighted by Crippen LogP contribution is -2.37. The Morgan fingerprint density at radius 3 is 2.59 bits per heavy atom. The number of pyridine rings is 1. The van der Waals surface area contributed by atoms with Crippen LogP contribution in [-0.4, -0.2) is 67.9 Å². The van der Waals surface area contributed by atoms with Gasteiger partial charge in [0, 0.05) is 50.7 Å². The summed E-state index contributed by atoms with van der Waals surface area (Å²) in [5.41, 5.74) is 9.99. The molecule has 2 aliphatic rings. The maximum absolute atomic E-state index is 13.1. The Bertz CT molecular complexity index is 1030. The number of aromatic nitrogens is 1. The van der Waals surface area contributed by atoms with Gasteiger partial charge in [-0.05, 0) is 55.5 Å². The first-order valence-corrected chi connectivity index (χ1v) is 12.1. The molecule has 34 heavy (non-hydrogen) atoms. The van der Waals surface area contributed by atoms with E-state index in [2.05, 4.69) is 32.2 Å². The van der Waals surface area contributed by atoms with E-state index >= 15 is 0 Å².